The van der Waals surface area contributed by atoms with E-state index in [1.165, 1.54) is 18.4 Å². The van der Waals surface area contributed by atoms with Crippen LogP contribution in [0.5, 0.6) is 0 Å². The second-order valence-electron chi connectivity index (χ2n) is 5.87. The molecule has 0 saturated heterocycles. The lowest BCUT2D eigenvalue weighted by molar-refractivity contribution is 0.0768. The fourth-order valence-corrected chi connectivity index (χ4v) is 2.96. The highest BCUT2D eigenvalue weighted by Gasteiger charge is 2.35. The summed E-state index contributed by atoms with van der Waals surface area (Å²) in [5.74, 6) is 1.92. The molecular weight excluding hydrogens is 250 g/mol. The number of aryl methyl sites for hydroxylation is 2. The number of hydrogen-bond donors (Lipinski definition) is 1. The van der Waals surface area contributed by atoms with Gasteiger partial charge in [0, 0.05) is 25.0 Å². The number of nitrogens with one attached hydrogen (secondary N) is 1. The SMILES string of the molecule is CCNCC(C)c1c(C)nc(C(OC)C2CC2)nc1C. The first-order valence-corrected chi connectivity index (χ1v) is 7.67. The zero-order chi connectivity index (χ0) is 14.7. The minimum absolute atomic E-state index is 0.0746. The predicted octanol–water partition coefficient (Wildman–Crippen LogP) is 2.90. The Hall–Kier alpha value is -1.00. The Morgan fingerprint density at radius 2 is 1.85 bits per heavy atom. The van der Waals surface area contributed by atoms with E-state index in [-0.39, 0.29) is 6.10 Å². The number of hydrogen-bond acceptors (Lipinski definition) is 4. The summed E-state index contributed by atoms with van der Waals surface area (Å²) in [6.07, 6.45) is 2.54. The van der Waals surface area contributed by atoms with Gasteiger partial charge in [0.2, 0.25) is 0 Å². The number of rotatable bonds is 7. The maximum absolute atomic E-state index is 5.60. The standard InChI is InChI=1S/C16H27N3O/c1-6-17-9-10(2)14-11(3)18-16(19-12(14)4)15(20-5)13-7-8-13/h10,13,15,17H,6-9H2,1-5H3. The zero-order valence-electron chi connectivity index (χ0n) is 13.4. The lowest BCUT2D eigenvalue weighted by atomic mass is 9.97. The number of aromatic nitrogens is 2. The summed E-state index contributed by atoms with van der Waals surface area (Å²) in [4.78, 5) is 9.46. The van der Waals surface area contributed by atoms with E-state index >= 15 is 0 Å². The highest BCUT2D eigenvalue weighted by atomic mass is 16.5. The highest BCUT2D eigenvalue weighted by molar-refractivity contribution is 5.29. The molecule has 4 nitrogen and oxygen atoms in total. The van der Waals surface area contributed by atoms with Crippen molar-refractivity contribution < 1.29 is 4.74 Å². The van der Waals surface area contributed by atoms with Crippen molar-refractivity contribution in [3.63, 3.8) is 0 Å². The van der Waals surface area contributed by atoms with Crippen LogP contribution in [0.2, 0.25) is 0 Å². The molecule has 0 radical (unpaired) electrons. The number of ether oxygens (including phenoxy) is 1. The van der Waals surface area contributed by atoms with Crippen LogP contribution in [-0.2, 0) is 4.74 Å². The van der Waals surface area contributed by atoms with Gasteiger partial charge in [-0.05, 0) is 50.6 Å². The molecule has 112 valence electrons. The molecule has 0 aromatic carbocycles. The first kappa shape index (κ1) is 15.4. The molecule has 0 amide bonds. The van der Waals surface area contributed by atoms with Gasteiger partial charge in [-0.25, -0.2) is 9.97 Å². The second-order valence-corrected chi connectivity index (χ2v) is 5.87. The Morgan fingerprint density at radius 1 is 1.25 bits per heavy atom. The number of methoxy groups -OCH3 is 1. The van der Waals surface area contributed by atoms with Gasteiger partial charge in [-0.1, -0.05) is 13.8 Å². The summed E-state index contributed by atoms with van der Waals surface area (Å²) in [6, 6.07) is 0. The van der Waals surface area contributed by atoms with Crippen molar-refractivity contribution in [1.29, 1.82) is 0 Å². The molecule has 1 saturated carbocycles. The zero-order valence-corrected chi connectivity index (χ0v) is 13.4. The average molecular weight is 277 g/mol. The van der Waals surface area contributed by atoms with Gasteiger partial charge in [-0.2, -0.15) is 0 Å². The van der Waals surface area contributed by atoms with Crippen molar-refractivity contribution in [3.8, 4) is 0 Å². The van der Waals surface area contributed by atoms with E-state index in [1.54, 1.807) is 7.11 Å². The van der Waals surface area contributed by atoms with E-state index in [2.05, 4.69) is 33.0 Å². The van der Waals surface area contributed by atoms with Crippen molar-refractivity contribution in [2.75, 3.05) is 20.2 Å². The molecular formula is C16H27N3O. The Kier molecular flexibility index (Phi) is 5.11. The summed E-state index contributed by atoms with van der Waals surface area (Å²) in [7, 11) is 1.76. The molecule has 1 heterocycles. The number of likely N-dealkylation sites (N-methyl/N-ethyl adjacent to an activating group) is 1. The van der Waals surface area contributed by atoms with E-state index in [0.717, 1.165) is 30.3 Å². The number of nitrogens with zero attached hydrogens (tertiary/aromatic N) is 2. The van der Waals surface area contributed by atoms with Crippen LogP contribution in [0.15, 0.2) is 0 Å². The van der Waals surface area contributed by atoms with Crippen LogP contribution < -0.4 is 5.32 Å². The molecule has 2 atom stereocenters. The molecule has 2 unspecified atom stereocenters. The van der Waals surface area contributed by atoms with E-state index < -0.39 is 0 Å². The normalized spacial score (nSPS) is 18.1. The third-order valence-corrected chi connectivity index (χ3v) is 4.10. The van der Waals surface area contributed by atoms with E-state index in [4.69, 9.17) is 14.7 Å². The first-order chi connectivity index (χ1) is 9.58. The summed E-state index contributed by atoms with van der Waals surface area (Å²) < 4.78 is 5.60. The minimum Gasteiger partial charge on any atom is -0.373 e. The molecule has 4 heteroatoms. The molecule has 2 rings (SSSR count). The first-order valence-electron chi connectivity index (χ1n) is 7.67. The van der Waals surface area contributed by atoms with Crippen LogP contribution in [0.3, 0.4) is 0 Å². The van der Waals surface area contributed by atoms with Crippen molar-refractivity contribution in [2.24, 2.45) is 5.92 Å². The smallest absolute Gasteiger partial charge is 0.157 e. The summed E-state index contributed by atoms with van der Waals surface area (Å²) in [6.45, 7) is 10.5. The molecule has 1 aliphatic rings. The van der Waals surface area contributed by atoms with Crippen molar-refractivity contribution in [3.05, 3.63) is 22.8 Å². The van der Waals surface area contributed by atoms with Gasteiger partial charge in [0.15, 0.2) is 5.82 Å². The summed E-state index contributed by atoms with van der Waals surface area (Å²) in [5, 5.41) is 3.40. The van der Waals surface area contributed by atoms with Crippen LogP contribution in [-0.4, -0.2) is 30.2 Å². The van der Waals surface area contributed by atoms with E-state index in [9.17, 15) is 0 Å². The highest BCUT2D eigenvalue weighted by Crippen LogP contribution is 2.42. The van der Waals surface area contributed by atoms with Gasteiger partial charge in [0.1, 0.15) is 6.10 Å². The molecule has 1 fully saturated rings. The van der Waals surface area contributed by atoms with Gasteiger partial charge >= 0.3 is 0 Å². The molecule has 20 heavy (non-hydrogen) atoms. The Bertz CT molecular complexity index is 434. The topological polar surface area (TPSA) is 47.0 Å². The van der Waals surface area contributed by atoms with Crippen molar-refractivity contribution in [2.45, 2.75) is 52.6 Å². The lowest BCUT2D eigenvalue weighted by Gasteiger charge is -2.20. The maximum atomic E-state index is 5.60. The fraction of sp³-hybridized carbons (Fsp3) is 0.750. The largest absolute Gasteiger partial charge is 0.373 e. The average Bonchev–Trinajstić information content (AvgIpc) is 3.21. The van der Waals surface area contributed by atoms with Gasteiger partial charge < -0.3 is 10.1 Å². The van der Waals surface area contributed by atoms with Crippen molar-refractivity contribution in [1.82, 2.24) is 15.3 Å². The molecule has 0 bridgehead atoms. The molecule has 0 spiro atoms. The fourth-order valence-electron chi connectivity index (χ4n) is 2.96. The Balaban J connectivity index is 2.23. The maximum Gasteiger partial charge on any atom is 0.157 e. The predicted molar refractivity (Wildman–Crippen MR) is 80.9 cm³/mol. The molecule has 1 N–H and O–H groups in total. The molecule has 1 aromatic heterocycles. The van der Waals surface area contributed by atoms with Gasteiger partial charge in [-0.15, -0.1) is 0 Å². The molecule has 1 aliphatic carbocycles. The third-order valence-electron chi connectivity index (χ3n) is 4.10. The minimum atomic E-state index is 0.0746. The van der Waals surface area contributed by atoms with E-state index in [0.29, 0.717) is 11.8 Å². The third kappa shape index (κ3) is 3.36. The summed E-state index contributed by atoms with van der Waals surface area (Å²) in [5.41, 5.74) is 3.47. The van der Waals surface area contributed by atoms with Crippen LogP contribution >= 0.6 is 0 Å². The molecule has 0 aliphatic heterocycles. The van der Waals surface area contributed by atoms with Crippen LogP contribution in [0.1, 0.15) is 61.5 Å². The molecule has 1 aromatic rings. The van der Waals surface area contributed by atoms with Crippen LogP contribution in [0.4, 0.5) is 0 Å². The van der Waals surface area contributed by atoms with Crippen LogP contribution in [0.25, 0.3) is 0 Å². The van der Waals surface area contributed by atoms with E-state index in [1.807, 2.05) is 0 Å². The van der Waals surface area contributed by atoms with Gasteiger partial charge in [-0.3, -0.25) is 0 Å². The second kappa shape index (κ2) is 6.64. The summed E-state index contributed by atoms with van der Waals surface area (Å²) >= 11 is 0. The van der Waals surface area contributed by atoms with Crippen LogP contribution in [0, 0.1) is 19.8 Å². The monoisotopic (exact) mass is 277 g/mol. The quantitative estimate of drug-likeness (QED) is 0.832. The van der Waals surface area contributed by atoms with Gasteiger partial charge in [0.25, 0.3) is 0 Å². The Labute approximate surface area is 122 Å². The van der Waals surface area contributed by atoms with Crippen molar-refractivity contribution >= 4 is 0 Å². The lowest BCUT2D eigenvalue weighted by Crippen LogP contribution is -2.22. The van der Waals surface area contributed by atoms with Gasteiger partial charge in [0.05, 0.1) is 0 Å². The Morgan fingerprint density at radius 3 is 2.30 bits per heavy atom.